The summed E-state index contributed by atoms with van der Waals surface area (Å²) in [6.07, 6.45) is 0. The minimum atomic E-state index is 0.596. The van der Waals surface area contributed by atoms with E-state index in [4.69, 9.17) is 0 Å². The van der Waals surface area contributed by atoms with Gasteiger partial charge in [-0.05, 0) is 77.4 Å². The number of rotatable bonds is 4. The monoisotopic (exact) mass is 610 g/mol. The van der Waals surface area contributed by atoms with Gasteiger partial charge >= 0.3 is 0 Å². The smallest absolute Gasteiger partial charge is 0.0992 e. The highest BCUT2D eigenvalue weighted by Crippen LogP contribution is 2.39. The molecular weight excluding hydrogens is 585 g/mol. The summed E-state index contributed by atoms with van der Waals surface area (Å²) in [7, 11) is 0. The van der Waals surface area contributed by atoms with E-state index in [1.54, 1.807) is 0 Å². The Hall–Kier alpha value is -6.88. The molecular formula is C44H26N4. The van der Waals surface area contributed by atoms with Crippen LogP contribution in [0, 0.1) is 22.7 Å². The second-order valence-corrected chi connectivity index (χ2v) is 12.0. The Bertz CT molecular complexity index is 2710. The molecule has 0 atom stereocenters. The highest BCUT2D eigenvalue weighted by Gasteiger charge is 2.18. The summed E-state index contributed by atoms with van der Waals surface area (Å²) >= 11 is 0. The third kappa shape index (κ3) is 4.22. The molecule has 0 aliphatic heterocycles. The zero-order valence-corrected chi connectivity index (χ0v) is 25.8. The van der Waals surface area contributed by atoms with E-state index in [1.165, 1.54) is 21.5 Å². The molecule has 0 N–H and O–H groups in total. The molecule has 9 aromatic rings. The van der Waals surface area contributed by atoms with Gasteiger partial charge < -0.3 is 9.13 Å². The number of hydrogen-bond acceptors (Lipinski definition) is 2. The highest BCUT2D eigenvalue weighted by atomic mass is 15.0. The van der Waals surface area contributed by atoms with Crippen molar-refractivity contribution in [2.75, 3.05) is 0 Å². The zero-order chi connectivity index (χ0) is 32.2. The Morgan fingerprint density at radius 3 is 1.46 bits per heavy atom. The van der Waals surface area contributed by atoms with Gasteiger partial charge in [-0.25, -0.2) is 0 Å². The number of benzene rings is 7. The van der Waals surface area contributed by atoms with Gasteiger partial charge in [-0.3, -0.25) is 0 Å². The molecule has 7 aromatic carbocycles. The Balaban J connectivity index is 1.25. The normalized spacial score (nSPS) is 11.3. The van der Waals surface area contributed by atoms with E-state index in [1.807, 2.05) is 30.3 Å². The zero-order valence-electron chi connectivity index (χ0n) is 25.8. The quantitative estimate of drug-likeness (QED) is 0.199. The number of aromatic nitrogens is 2. The summed E-state index contributed by atoms with van der Waals surface area (Å²) in [6.45, 7) is 0. The molecule has 0 radical (unpaired) electrons. The van der Waals surface area contributed by atoms with Crippen LogP contribution in [0.5, 0.6) is 0 Å². The first-order valence-electron chi connectivity index (χ1n) is 15.9. The standard InChI is InChI=1S/C44H26N4/c45-27-29-20-21-35(44(24-29)48-42-18-7-3-14-38(42)39-15-4-8-19-43(39)48)32-11-9-10-31(25-32)33-22-30(28-46)23-34(26-33)47-40-16-5-1-12-36(40)37-13-2-6-17-41(37)47/h1-26H. The van der Waals surface area contributed by atoms with Gasteiger partial charge in [0.15, 0.2) is 0 Å². The van der Waals surface area contributed by atoms with Crippen molar-refractivity contribution in [2.24, 2.45) is 0 Å². The van der Waals surface area contributed by atoms with Gasteiger partial charge in [-0.2, -0.15) is 10.5 Å². The molecule has 9 rings (SSSR count). The van der Waals surface area contributed by atoms with E-state index < -0.39 is 0 Å². The molecule has 4 nitrogen and oxygen atoms in total. The first-order chi connectivity index (χ1) is 23.7. The van der Waals surface area contributed by atoms with Crippen LogP contribution in [0.25, 0.3) is 77.2 Å². The molecule has 222 valence electrons. The Labute approximate surface area is 277 Å². The highest BCUT2D eigenvalue weighted by molar-refractivity contribution is 6.10. The predicted molar refractivity (Wildman–Crippen MR) is 195 cm³/mol. The summed E-state index contributed by atoms with van der Waals surface area (Å²) in [5, 5.41) is 24.8. The lowest BCUT2D eigenvalue weighted by Gasteiger charge is -2.16. The maximum absolute atomic E-state index is 10.2. The molecule has 0 bridgehead atoms. The number of hydrogen-bond donors (Lipinski definition) is 0. The van der Waals surface area contributed by atoms with Gasteiger partial charge in [0.2, 0.25) is 0 Å². The van der Waals surface area contributed by atoms with Crippen LogP contribution in [-0.4, -0.2) is 9.13 Å². The van der Waals surface area contributed by atoms with Crippen molar-refractivity contribution in [2.45, 2.75) is 0 Å². The second kappa shape index (κ2) is 10.9. The molecule has 0 aliphatic carbocycles. The van der Waals surface area contributed by atoms with Gasteiger partial charge in [0.1, 0.15) is 0 Å². The average molecular weight is 611 g/mol. The van der Waals surface area contributed by atoms with Gasteiger partial charge in [-0.15, -0.1) is 0 Å². The number of nitrogens with zero attached hydrogens (tertiary/aromatic N) is 4. The lowest BCUT2D eigenvalue weighted by atomic mass is 9.96. The van der Waals surface area contributed by atoms with Crippen LogP contribution in [0.4, 0.5) is 0 Å². The summed E-state index contributed by atoms with van der Waals surface area (Å²) < 4.78 is 4.52. The second-order valence-electron chi connectivity index (χ2n) is 12.0. The van der Waals surface area contributed by atoms with Gasteiger partial charge in [-0.1, -0.05) is 97.1 Å². The molecule has 0 aliphatic rings. The van der Waals surface area contributed by atoms with Gasteiger partial charge in [0.05, 0.1) is 51.0 Å². The van der Waals surface area contributed by atoms with Crippen LogP contribution < -0.4 is 0 Å². The van der Waals surface area contributed by atoms with Crippen LogP contribution >= 0.6 is 0 Å². The van der Waals surface area contributed by atoms with E-state index in [0.29, 0.717) is 11.1 Å². The van der Waals surface area contributed by atoms with Crippen LogP contribution in [0.2, 0.25) is 0 Å². The maximum Gasteiger partial charge on any atom is 0.0992 e. The molecule has 48 heavy (non-hydrogen) atoms. The summed E-state index contributed by atoms with van der Waals surface area (Å²) in [5.41, 5.74) is 11.5. The van der Waals surface area contributed by atoms with Crippen LogP contribution in [0.3, 0.4) is 0 Å². The SMILES string of the molecule is N#Cc1cc(-c2cccc(-c3ccc(C#N)cc3-n3c4ccccc4c4ccccc43)c2)cc(-n2c3ccccc3c3ccccc32)c1. The van der Waals surface area contributed by atoms with Crippen molar-refractivity contribution in [3.8, 4) is 45.8 Å². The minimum Gasteiger partial charge on any atom is -0.309 e. The number of para-hydroxylation sites is 4. The van der Waals surface area contributed by atoms with Crippen molar-refractivity contribution in [3.05, 3.63) is 169 Å². The topological polar surface area (TPSA) is 57.4 Å². The summed E-state index contributed by atoms with van der Waals surface area (Å²) in [4.78, 5) is 0. The number of nitriles is 2. The van der Waals surface area contributed by atoms with Crippen LogP contribution in [-0.2, 0) is 0 Å². The van der Waals surface area contributed by atoms with E-state index >= 15 is 0 Å². The first kappa shape index (κ1) is 27.4. The fourth-order valence-electron chi connectivity index (χ4n) is 7.25. The predicted octanol–water partition coefficient (Wildman–Crippen LogP) is 11.0. The molecule has 0 saturated carbocycles. The maximum atomic E-state index is 10.2. The molecule has 2 heterocycles. The van der Waals surface area contributed by atoms with Gasteiger partial charge in [0, 0.05) is 32.8 Å². The van der Waals surface area contributed by atoms with Crippen molar-refractivity contribution >= 4 is 43.6 Å². The molecule has 0 amide bonds. The van der Waals surface area contributed by atoms with Crippen molar-refractivity contribution in [1.29, 1.82) is 10.5 Å². The Morgan fingerprint density at radius 2 is 0.896 bits per heavy atom. The Kier molecular flexibility index (Phi) is 6.22. The summed E-state index contributed by atoms with van der Waals surface area (Å²) in [5.74, 6) is 0. The lowest BCUT2D eigenvalue weighted by molar-refractivity contribution is 1.18. The molecule has 0 spiro atoms. The fraction of sp³-hybridized carbons (Fsp3) is 0. The minimum absolute atomic E-state index is 0.596. The van der Waals surface area contributed by atoms with E-state index in [-0.39, 0.29) is 0 Å². The largest absolute Gasteiger partial charge is 0.309 e. The lowest BCUT2D eigenvalue weighted by Crippen LogP contribution is -1.98. The third-order valence-electron chi connectivity index (χ3n) is 9.34. The summed E-state index contributed by atoms with van der Waals surface area (Å²) in [6, 6.07) is 58.9. The molecule has 0 fully saturated rings. The number of fused-ring (bicyclic) bond motifs is 6. The van der Waals surface area contributed by atoms with Crippen molar-refractivity contribution < 1.29 is 0 Å². The molecule has 2 aromatic heterocycles. The molecule has 0 saturated heterocycles. The molecule has 4 heteroatoms. The van der Waals surface area contributed by atoms with E-state index in [9.17, 15) is 10.5 Å². The van der Waals surface area contributed by atoms with E-state index in [0.717, 1.165) is 55.7 Å². The van der Waals surface area contributed by atoms with Crippen LogP contribution in [0.15, 0.2) is 158 Å². The van der Waals surface area contributed by atoms with Crippen LogP contribution in [0.1, 0.15) is 11.1 Å². The van der Waals surface area contributed by atoms with E-state index in [2.05, 4.69) is 149 Å². The molecule has 0 unspecified atom stereocenters. The average Bonchev–Trinajstić information content (AvgIpc) is 3.67. The Morgan fingerprint density at radius 1 is 0.375 bits per heavy atom. The van der Waals surface area contributed by atoms with Gasteiger partial charge in [0.25, 0.3) is 0 Å². The first-order valence-corrected chi connectivity index (χ1v) is 15.9. The van der Waals surface area contributed by atoms with Crippen molar-refractivity contribution in [3.63, 3.8) is 0 Å². The fourth-order valence-corrected chi connectivity index (χ4v) is 7.25. The van der Waals surface area contributed by atoms with Crippen molar-refractivity contribution in [1.82, 2.24) is 9.13 Å². The third-order valence-corrected chi connectivity index (χ3v) is 9.34.